The predicted molar refractivity (Wildman–Crippen MR) is 86.8 cm³/mol. The maximum atomic E-state index is 11.0. The molecule has 0 saturated heterocycles. The molecule has 0 amide bonds. The number of hydrogen-bond donors (Lipinski definition) is 1. The summed E-state index contributed by atoms with van der Waals surface area (Å²) >= 11 is 0. The van der Waals surface area contributed by atoms with E-state index in [1.807, 2.05) is 33.2 Å². The van der Waals surface area contributed by atoms with Crippen molar-refractivity contribution in [1.82, 2.24) is 9.80 Å². The van der Waals surface area contributed by atoms with Crippen LogP contribution in [0.25, 0.3) is 0 Å². The summed E-state index contributed by atoms with van der Waals surface area (Å²) < 4.78 is 0. The Balaban J connectivity index is 2.76. The number of nitro benzene ring substituents is 1. The van der Waals surface area contributed by atoms with Crippen molar-refractivity contribution in [3.8, 4) is 0 Å². The molecule has 0 saturated carbocycles. The van der Waals surface area contributed by atoms with E-state index in [4.69, 9.17) is 0 Å². The van der Waals surface area contributed by atoms with Crippen LogP contribution in [0.15, 0.2) is 18.2 Å². The Bertz CT molecular complexity index is 463. The first kappa shape index (κ1) is 17.4. The Morgan fingerprint density at radius 1 is 1.24 bits per heavy atom. The van der Waals surface area contributed by atoms with Gasteiger partial charge in [-0.3, -0.25) is 10.1 Å². The lowest BCUT2D eigenvalue weighted by Gasteiger charge is -2.19. The molecule has 0 fully saturated rings. The van der Waals surface area contributed by atoms with Gasteiger partial charge in [-0.1, -0.05) is 13.0 Å². The first-order valence-electron chi connectivity index (χ1n) is 7.28. The van der Waals surface area contributed by atoms with Crippen LogP contribution in [-0.4, -0.2) is 55.5 Å². The molecule has 1 aromatic rings. The second kappa shape index (κ2) is 8.59. The number of hydrogen-bond acceptors (Lipinski definition) is 5. The van der Waals surface area contributed by atoms with Crippen LogP contribution in [0, 0.1) is 10.1 Å². The van der Waals surface area contributed by atoms with Gasteiger partial charge in [0.05, 0.1) is 4.92 Å². The molecule has 1 aromatic carbocycles. The van der Waals surface area contributed by atoms with Crippen molar-refractivity contribution in [2.75, 3.05) is 46.1 Å². The first-order valence-corrected chi connectivity index (χ1v) is 7.28. The summed E-state index contributed by atoms with van der Waals surface area (Å²) in [5.41, 5.74) is 1.84. The van der Waals surface area contributed by atoms with Gasteiger partial charge < -0.3 is 15.1 Å². The van der Waals surface area contributed by atoms with Gasteiger partial charge in [0, 0.05) is 32.2 Å². The van der Waals surface area contributed by atoms with Crippen LogP contribution in [0.5, 0.6) is 0 Å². The zero-order valence-electron chi connectivity index (χ0n) is 13.4. The molecule has 1 N–H and O–H groups in total. The average molecular weight is 294 g/mol. The molecule has 6 heteroatoms. The van der Waals surface area contributed by atoms with E-state index < -0.39 is 0 Å². The van der Waals surface area contributed by atoms with Gasteiger partial charge in [0.2, 0.25) is 0 Å². The largest absolute Gasteiger partial charge is 0.379 e. The van der Waals surface area contributed by atoms with Crippen molar-refractivity contribution in [2.45, 2.75) is 19.9 Å². The Morgan fingerprint density at radius 3 is 2.52 bits per heavy atom. The molecule has 0 bridgehead atoms. The van der Waals surface area contributed by atoms with Gasteiger partial charge in [0.15, 0.2) is 0 Å². The molecule has 0 aliphatic heterocycles. The molecule has 0 spiro atoms. The fourth-order valence-electron chi connectivity index (χ4n) is 2.00. The highest BCUT2D eigenvalue weighted by Crippen LogP contribution is 2.25. The van der Waals surface area contributed by atoms with E-state index in [0.29, 0.717) is 5.69 Å². The third-order valence-corrected chi connectivity index (χ3v) is 3.20. The second-order valence-electron chi connectivity index (χ2n) is 5.58. The molecule has 0 aliphatic carbocycles. The Morgan fingerprint density at radius 2 is 1.95 bits per heavy atom. The number of nitrogens with one attached hydrogen (secondary N) is 1. The van der Waals surface area contributed by atoms with Crippen LogP contribution in [0.3, 0.4) is 0 Å². The van der Waals surface area contributed by atoms with Gasteiger partial charge in [-0.15, -0.1) is 0 Å². The van der Waals surface area contributed by atoms with E-state index in [1.54, 1.807) is 6.07 Å². The predicted octanol–water partition coefficient (Wildman–Crippen LogP) is 2.41. The van der Waals surface area contributed by atoms with Crippen molar-refractivity contribution in [3.63, 3.8) is 0 Å². The summed E-state index contributed by atoms with van der Waals surface area (Å²) in [6, 6.07) is 5.31. The van der Waals surface area contributed by atoms with Gasteiger partial charge in [-0.2, -0.15) is 0 Å². The molecule has 0 radical (unpaired) electrons. The molecule has 6 nitrogen and oxygen atoms in total. The maximum Gasteiger partial charge on any atom is 0.292 e. The second-order valence-corrected chi connectivity index (χ2v) is 5.58. The molecular weight excluding hydrogens is 268 g/mol. The zero-order valence-corrected chi connectivity index (χ0v) is 13.4. The van der Waals surface area contributed by atoms with Crippen LogP contribution in [0.1, 0.15) is 18.9 Å². The van der Waals surface area contributed by atoms with Crippen LogP contribution < -0.4 is 5.32 Å². The van der Waals surface area contributed by atoms with E-state index in [9.17, 15) is 10.1 Å². The third kappa shape index (κ3) is 6.10. The Hall–Kier alpha value is -1.66. The van der Waals surface area contributed by atoms with E-state index in [-0.39, 0.29) is 10.6 Å². The lowest BCUT2D eigenvalue weighted by molar-refractivity contribution is -0.384. The number of anilines is 1. The van der Waals surface area contributed by atoms with E-state index in [1.165, 1.54) is 0 Å². The summed E-state index contributed by atoms with van der Waals surface area (Å²) in [6.07, 6.45) is 0.935. The van der Waals surface area contributed by atoms with Crippen molar-refractivity contribution < 1.29 is 4.92 Å². The van der Waals surface area contributed by atoms with Crippen LogP contribution in [-0.2, 0) is 6.54 Å². The molecular formula is C15H26N4O2. The SMILES string of the molecule is CCCNc1cc(CN(C)CCN(C)C)ccc1[N+](=O)[O-]. The molecule has 118 valence electrons. The first-order chi connectivity index (χ1) is 9.93. The minimum absolute atomic E-state index is 0.142. The lowest BCUT2D eigenvalue weighted by atomic mass is 10.1. The van der Waals surface area contributed by atoms with Gasteiger partial charge in [0.25, 0.3) is 5.69 Å². The highest BCUT2D eigenvalue weighted by molar-refractivity contribution is 5.62. The molecule has 0 aliphatic rings. The minimum Gasteiger partial charge on any atom is -0.379 e. The molecule has 0 unspecified atom stereocenters. The number of nitro groups is 1. The van der Waals surface area contributed by atoms with E-state index >= 15 is 0 Å². The molecule has 0 aromatic heterocycles. The standard InChI is InChI=1S/C15H26N4O2/c1-5-8-16-14-11-13(6-7-15(14)19(20)21)12-18(4)10-9-17(2)3/h6-7,11,16H,5,8-10,12H2,1-4H3. The van der Waals surface area contributed by atoms with Crippen molar-refractivity contribution in [1.29, 1.82) is 0 Å². The average Bonchev–Trinajstić information content (AvgIpc) is 2.42. The number of likely N-dealkylation sites (N-methyl/N-ethyl adjacent to an activating group) is 2. The number of nitrogens with zero attached hydrogens (tertiary/aromatic N) is 3. The van der Waals surface area contributed by atoms with Crippen LogP contribution in [0.2, 0.25) is 0 Å². The van der Waals surface area contributed by atoms with Crippen molar-refractivity contribution >= 4 is 11.4 Å². The molecule has 0 heterocycles. The monoisotopic (exact) mass is 294 g/mol. The topological polar surface area (TPSA) is 61.6 Å². The Labute approximate surface area is 126 Å². The van der Waals surface area contributed by atoms with E-state index in [2.05, 4.69) is 22.2 Å². The van der Waals surface area contributed by atoms with Crippen LogP contribution in [0.4, 0.5) is 11.4 Å². The van der Waals surface area contributed by atoms with Gasteiger partial charge in [-0.05, 0) is 39.2 Å². The Kier molecular flexibility index (Phi) is 7.11. The van der Waals surface area contributed by atoms with Crippen LogP contribution >= 0.6 is 0 Å². The molecule has 21 heavy (non-hydrogen) atoms. The van der Waals surface area contributed by atoms with Crippen molar-refractivity contribution in [3.05, 3.63) is 33.9 Å². The summed E-state index contributed by atoms with van der Waals surface area (Å²) in [5, 5.41) is 14.2. The fourth-order valence-corrected chi connectivity index (χ4v) is 2.00. The quantitative estimate of drug-likeness (QED) is 0.560. The number of benzene rings is 1. The summed E-state index contributed by atoms with van der Waals surface area (Å²) in [6.45, 7) is 5.51. The van der Waals surface area contributed by atoms with Crippen molar-refractivity contribution in [2.24, 2.45) is 0 Å². The van der Waals surface area contributed by atoms with Gasteiger partial charge in [-0.25, -0.2) is 0 Å². The smallest absolute Gasteiger partial charge is 0.292 e. The maximum absolute atomic E-state index is 11.0. The third-order valence-electron chi connectivity index (χ3n) is 3.20. The summed E-state index contributed by atoms with van der Waals surface area (Å²) in [4.78, 5) is 15.1. The normalized spacial score (nSPS) is 11.1. The number of rotatable bonds is 9. The molecule has 0 atom stereocenters. The van der Waals surface area contributed by atoms with E-state index in [0.717, 1.165) is 38.2 Å². The zero-order chi connectivity index (χ0) is 15.8. The fraction of sp³-hybridized carbons (Fsp3) is 0.600. The summed E-state index contributed by atoms with van der Waals surface area (Å²) in [7, 11) is 6.16. The highest BCUT2D eigenvalue weighted by atomic mass is 16.6. The van der Waals surface area contributed by atoms with Gasteiger partial charge in [0.1, 0.15) is 5.69 Å². The van der Waals surface area contributed by atoms with Gasteiger partial charge >= 0.3 is 0 Å². The lowest BCUT2D eigenvalue weighted by Crippen LogP contribution is -2.28. The molecule has 1 rings (SSSR count). The summed E-state index contributed by atoms with van der Waals surface area (Å²) in [5.74, 6) is 0. The highest BCUT2D eigenvalue weighted by Gasteiger charge is 2.14. The minimum atomic E-state index is -0.336.